The Hall–Kier alpha value is -3.83. The Balaban J connectivity index is 1.50. The van der Waals surface area contributed by atoms with Gasteiger partial charge in [-0.15, -0.1) is 0 Å². The molecule has 0 atom stereocenters. The molecule has 3 aromatic carbocycles. The molecule has 0 amide bonds. The van der Waals surface area contributed by atoms with Gasteiger partial charge in [0, 0.05) is 24.5 Å². The van der Waals surface area contributed by atoms with Gasteiger partial charge in [-0.3, -0.25) is 0 Å². The first-order chi connectivity index (χ1) is 16.6. The van der Waals surface area contributed by atoms with Crippen molar-refractivity contribution in [3.63, 3.8) is 0 Å². The first-order valence-electron chi connectivity index (χ1n) is 11.0. The summed E-state index contributed by atoms with van der Waals surface area (Å²) in [7, 11) is 1.37. The summed E-state index contributed by atoms with van der Waals surface area (Å²) in [5.41, 5.74) is 3.38. The van der Waals surface area contributed by atoms with E-state index < -0.39 is 0 Å². The van der Waals surface area contributed by atoms with E-state index in [-0.39, 0.29) is 5.97 Å². The number of nitrogens with one attached hydrogen (secondary N) is 1. The number of carbonyl (C=O) groups is 1. The third kappa shape index (κ3) is 5.94. The highest BCUT2D eigenvalue weighted by molar-refractivity contribution is 6.31. The largest absolute Gasteiger partial charge is 0.493 e. The summed E-state index contributed by atoms with van der Waals surface area (Å²) in [4.78, 5) is 15.8. The predicted octanol–water partition coefficient (Wildman–Crippen LogP) is 6.64. The molecule has 6 heteroatoms. The molecule has 0 aliphatic heterocycles. The van der Waals surface area contributed by atoms with E-state index in [0.29, 0.717) is 30.3 Å². The number of carbonyl (C=O) groups excluding carboxylic acids is 1. The van der Waals surface area contributed by atoms with Crippen LogP contribution < -0.4 is 10.1 Å². The minimum Gasteiger partial charge on any atom is -0.493 e. The van der Waals surface area contributed by atoms with Crippen molar-refractivity contribution in [1.29, 1.82) is 0 Å². The van der Waals surface area contributed by atoms with E-state index in [9.17, 15) is 4.79 Å². The van der Waals surface area contributed by atoms with Crippen LogP contribution in [0.1, 0.15) is 22.3 Å². The zero-order valence-electron chi connectivity index (χ0n) is 18.8. The van der Waals surface area contributed by atoms with E-state index in [0.717, 1.165) is 33.3 Å². The Morgan fingerprint density at radius 3 is 2.59 bits per heavy atom. The van der Waals surface area contributed by atoms with Crippen molar-refractivity contribution in [2.45, 2.75) is 6.42 Å². The van der Waals surface area contributed by atoms with Crippen molar-refractivity contribution in [1.82, 2.24) is 4.98 Å². The Morgan fingerprint density at radius 2 is 1.79 bits per heavy atom. The minimum atomic E-state index is -0.355. The molecule has 0 spiro atoms. The second-order valence-corrected chi connectivity index (χ2v) is 8.05. The van der Waals surface area contributed by atoms with Gasteiger partial charge in [0.25, 0.3) is 0 Å². The molecule has 0 saturated carbocycles. The maximum atomic E-state index is 11.7. The van der Waals surface area contributed by atoms with Crippen LogP contribution in [0, 0.1) is 0 Å². The Labute approximate surface area is 204 Å². The zero-order valence-corrected chi connectivity index (χ0v) is 19.6. The van der Waals surface area contributed by atoms with Crippen LogP contribution in [-0.2, 0) is 4.74 Å². The van der Waals surface area contributed by atoms with Crippen molar-refractivity contribution < 1.29 is 14.3 Å². The van der Waals surface area contributed by atoms with E-state index in [1.807, 2.05) is 48.5 Å². The quantitative estimate of drug-likeness (QED) is 0.218. The molecule has 0 unspecified atom stereocenters. The van der Waals surface area contributed by atoms with Gasteiger partial charge in [-0.2, -0.15) is 0 Å². The number of esters is 1. The lowest BCUT2D eigenvalue weighted by Crippen LogP contribution is -2.09. The van der Waals surface area contributed by atoms with Gasteiger partial charge in [-0.05, 0) is 46.9 Å². The number of rotatable bonds is 9. The summed E-state index contributed by atoms with van der Waals surface area (Å²) in [6.45, 7) is 1.09. The molecule has 4 aromatic rings. The highest BCUT2D eigenvalue weighted by Crippen LogP contribution is 2.26. The van der Waals surface area contributed by atoms with Crippen molar-refractivity contribution in [2.24, 2.45) is 0 Å². The molecule has 0 bridgehead atoms. The van der Waals surface area contributed by atoms with Gasteiger partial charge >= 0.3 is 5.97 Å². The van der Waals surface area contributed by atoms with Gasteiger partial charge in [0.1, 0.15) is 5.75 Å². The van der Waals surface area contributed by atoms with E-state index >= 15 is 0 Å². The molecule has 0 fully saturated rings. The number of hydrogen-bond donors (Lipinski definition) is 1. The van der Waals surface area contributed by atoms with E-state index in [1.54, 1.807) is 18.3 Å². The average Bonchev–Trinajstić information content (AvgIpc) is 2.88. The van der Waals surface area contributed by atoms with Crippen molar-refractivity contribution in [3.8, 4) is 5.75 Å². The number of methoxy groups -OCH3 is 1. The summed E-state index contributed by atoms with van der Waals surface area (Å²) in [6.07, 6.45) is 4.45. The van der Waals surface area contributed by atoms with Crippen LogP contribution in [0.15, 0.2) is 90.6 Å². The first-order valence-corrected chi connectivity index (χ1v) is 11.3. The number of ether oxygens (including phenoxy) is 2. The molecule has 0 aliphatic rings. The summed E-state index contributed by atoms with van der Waals surface area (Å²) in [5, 5.41) is 6.02. The maximum Gasteiger partial charge on any atom is 0.337 e. The van der Waals surface area contributed by atoms with Crippen molar-refractivity contribution in [2.75, 3.05) is 25.6 Å². The topological polar surface area (TPSA) is 60.5 Å². The fourth-order valence-electron chi connectivity index (χ4n) is 3.62. The van der Waals surface area contributed by atoms with E-state index in [4.69, 9.17) is 21.1 Å². The molecular weight excluding hydrogens is 448 g/mol. The normalized spacial score (nSPS) is 11.3. The van der Waals surface area contributed by atoms with Crippen LogP contribution in [0.3, 0.4) is 0 Å². The van der Waals surface area contributed by atoms with Crippen LogP contribution >= 0.6 is 11.6 Å². The third-order valence-electron chi connectivity index (χ3n) is 5.40. The number of halogens is 1. The lowest BCUT2D eigenvalue weighted by atomic mass is 10.1. The van der Waals surface area contributed by atoms with Gasteiger partial charge in [-0.1, -0.05) is 66.2 Å². The lowest BCUT2D eigenvalue weighted by Gasteiger charge is -2.14. The molecule has 1 N–H and O–H groups in total. The average molecular weight is 473 g/mol. The molecule has 4 rings (SSSR count). The Morgan fingerprint density at radius 1 is 1.00 bits per heavy atom. The van der Waals surface area contributed by atoms with Crippen LogP contribution in [0.2, 0.25) is 5.15 Å². The summed E-state index contributed by atoms with van der Waals surface area (Å²) >= 11 is 6.21. The molecule has 5 nitrogen and oxygen atoms in total. The van der Waals surface area contributed by atoms with Crippen LogP contribution in [0.4, 0.5) is 5.69 Å². The Kier molecular flexibility index (Phi) is 7.79. The second-order valence-electron chi connectivity index (χ2n) is 7.69. The molecule has 0 radical (unpaired) electrons. The minimum absolute atomic E-state index is 0.355. The monoisotopic (exact) mass is 472 g/mol. The number of pyridine rings is 1. The molecule has 34 heavy (non-hydrogen) atoms. The maximum absolute atomic E-state index is 11.7. The molecule has 0 aliphatic carbocycles. The molecule has 0 saturated heterocycles. The summed E-state index contributed by atoms with van der Waals surface area (Å²) in [6, 6.07) is 25.3. The Bertz CT molecular complexity index is 1300. The lowest BCUT2D eigenvalue weighted by molar-refractivity contribution is 0.0600. The summed E-state index contributed by atoms with van der Waals surface area (Å²) in [5.74, 6) is 0.510. The zero-order chi connectivity index (χ0) is 23.8. The number of anilines is 1. The van der Waals surface area contributed by atoms with Crippen molar-refractivity contribution >= 4 is 40.1 Å². The number of aromatic nitrogens is 1. The standard InChI is InChI=1S/C28H25ClN2O3/c1-33-28(32)23-13-11-20(12-14-23)18-21(19-31-25-9-5-16-30-27(25)29)15-17-34-26-10-4-7-22-6-2-3-8-24(22)26/h2-14,16,18,31H,15,17,19H2,1H3. The molecular formula is C28H25ClN2O3. The third-order valence-corrected chi connectivity index (χ3v) is 5.70. The van der Waals surface area contributed by atoms with Gasteiger partial charge in [-0.25, -0.2) is 9.78 Å². The fraction of sp³-hybridized carbons (Fsp3) is 0.143. The first kappa shape index (κ1) is 23.3. The van der Waals surface area contributed by atoms with Crippen molar-refractivity contribution in [3.05, 3.63) is 107 Å². The highest BCUT2D eigenvalue weighted by Gasteiger charge is 2.07. The van der Waals surface area contributed by atoms with Gasteiger partial charge in [0.2, 0.25) is 0 Å². The molecule has 172 valence electrons. The van der Waals surface area contributed by atoms with E-state index in [1.165, 1.54) is 7.11 Å². The molecule has 1 aromatic heterocycles. The number of fused-ring (bicyclic) bond motifs is 1. The highest BCUT2D eigenvalue weighted by atomic mass is 35.5. The molecule has 1 heterocycles. The number of benzene rings is 3. The van der Waals surface area contributed by atoms with Gasteiger partial charge in [0.05, 0.1) is 25.0 Å². The van der Waals surface area contributed by atoms with Gasteiger partial charge < -0.3 is 14.8 Å². The smallest absolute Gasteiger partial charge is 0.337 e. The SMILES string of the molecule is COC(=O)c1ccc(C=C(CCOc2cccc3ccccc23)CNc2cccnc2Cl)cc1. The number of hydrogen-bond acceptors (Lipinski definition) is 5. The number of nitrogens with zero attached hydrogens (tertiary/aromatic N) is 1. The van der Waals surface area contributed by atoms with E-state index in [2.05, 4.69) is 34.6 Å². The van der Waals surface area contributed by atoms with Crippen LogP contribution in [-0.4, -0.2) is 31.2 Å². The van der Waals surface area contributed by atoms with Crippen LogP contribution in [0.5, 0.6) is 5.75 Å². The second kappa shape index (κ2) is 11.3. The van der Waals surface area contributed by atoms with Gasteiger partial charge in [0.15, 0.2) is 5.15 Å². The van der Waals surface area contributed by atoms with Crippen LogP contribution in [0.25, 0.3) is 16.8 Å². The predicted molar refractivity (Wildman–Crippen MR) is 138 cm³/mol. The summed E-state index contributed by atoms with van der Waals surface area (Å²) < 4.78 is 10.9. The fourth-order valence-corrected chi connectivity index (χ4v) is 3.81.